The zero-order chi connectivity index (χ0) is 21.0. The summed E-state index contributed by atoms with van der Waals surface area (Å²) < 4.78 is 8.95. The monoisotopic (exact) mass is 418 g/mol. The van der Waals surface area contributed by atoms with Gasteiger partial charge in [-0.1, -0.05) is 0 Å². The van der Waals surface area contributed by atoms with Gasteiger partial charge in [0.05, 0.1) is 25.6 Å². The van der Waals surface area contributed by atoms with E-state index in [-0.39, 0.29) is 29.8 Å². The number of ether oxygens (including phenoxy) is 1. The number of aryl methyl sites for hydroxylation is 1. The minimum absolute atomic E-state index is 0.0594. The fourth-order valence-electron chi connectivity index (χ4n) is 4.28. The van der Waals surface area contributed by atoms with Gasteiger partial charge in [-0.15, -0.1) is 0 Å². The second-order valence-electron chi connectivity index (χ2n) is 7.53. The lowest BCUT2D eigenvalue weighted by Gasteiger charge is -2.17. The Labute approximate surface area is 169 Å². The molecular weight excluding hydrogens is 396 g/mol. The molecule has 0 saturated carbocycles. The molecule has 1 fully saturated rings. The van der Waals surface area contributed by atoms with E-state index < -0.39 is 36.7 Å². The van der Waals surface area contributed by atoms with Crippen LogP contribution in [0.15, 0.2) is 23.4 Å². The molecule has 0 bridgehead atoms. The van der Waals surface area contributed by atoms with Crippen LogP contribution in [0.4, 0.5) is 5.95 Å². The molecule has 12 nitrogen and oxygen atoms in total. The molecule has 5 atom stereocenters. The molecule has 0 aromatic carbocycles. The van der Waals surface area contributed by atoms with E-state index >= 15 is 0 Å². The third-order valence-electron chi connectivity index (χ3n) is 5.79. The highest BCUT2D eigenvalue weighted by molar-refractivity contribution is 5.71. The van der Waals surface area contributed by atoms with Crippen LogP contribution in [0.1, 0.15) is 29.9 Å². The number of aromatic amines is 1. The van der Waals surface area contributed by atoms with Crippen LogP contribution in [0.5, 0.6) is 0 Å². The predicted octanol–water partition coefficient (Wildman–Crippen LogP) is -1.42. The Hall–Kier alpha value is -2.77. The Balaban J connectivity index is 1.50. The fraction of sp³-hybridized carbons (Fsp3) is 0.500. The number of aromatic nitrogens is 5. The summed E-state index contributed by atoms with van der Waals surface area (Å²) in [6.07, 6.45) is -0.610. The summed E-state index contributed by atoms with van der Waals surface area (Å²) in [6, 6.07) is 1.72. The Morgan fingerprint density at radius 3 is 2.87 bits per heavy atom. The number of fused-ring (bicyclic) bond motifs is 2. The van der Waals surface area contributed by atoms with E-state index in [1.54, 1.807) is 0 Å². The number of imidazole rings is 1. The number of hydrogen-bond donors (Lipinski definition) is 6. The maximum Gasteiger partial charge on any atom is 0.280 e. The normalized spacial score (nSPS) is 28.3. The minimum atomic E-state index is -1.32. The van der Waals surface area contributed by atoms with Crippen molar-refractivity contribution in [3.05, 3.63) is 40.2 Å². The van der Waals surface area contributed by atoms with Gasteiger partial charge >= 0.3 is 0 Å². The van der Waals surface area contributed by atoms with Gasteiger partial charge in [-0.05, 0) is 12.5 Å². The van der Waals surface area contributed by atoms with Crippen molar-refractivity contribution < 1.29 is 25.2 Å². The van der Waals surface area contributed by atoms with Crippen molar-refractivity contribution in [3.8, 4) is 0 Å². The van der Waals surface area contributed by atoms with Crippen LogP contribution in [0.2, 0.25) is 0 Å². The summed E-state index contributed by atoms with van der Waals surface area (Å²) in [6.45, 7) is 0.234. The number of anilines is 1. The molecule has 2 aliphatic heterocycles. The molecule has 3 aromatic heterocycles. The zero-order valence-electron chi connectivity index (χ0n) is 15.8. The zero-order valence-corrected chi connectivity index (χ0v) is 15.8. The van der Waals surface area contributed by atoms with E-state index in [0.29, 0.717) is 0 Å². The summed E-state index contributed by atoms with van der Waals surface area (Å²) in [5.74, 6) is 0.213. The molecule has 0 spiro atoms. The first-order chi connectivity index (χ1) is 14.5. The lowest BCUT2D eigenvalue weighted by atomic mass is 10.1. The average molecular weight is 418 g/mol. The Kier molecular flexibility index (Phi) is 4.60. The minimum Gasteiger partial charge on any atom is -0.394 e. The predicted molar refractivity (Wildman–Crippen MR) is 102 cm³/mol. The molecule has 30 heavy (non-hydrogen) atoms. The number of rotatable bonds is 5. The van der Waals surface area contributed by atoms with E-state index in [4.69, 9.17) is 4.74 Å². The number of hydrogen-bond acceptors (Lipinski definition) is 9. The summed E-state index contributed by atoms with van der Waals surface area (Å²) in [5.41, 5.74) is 1.52. The van der Waals surface area contributed by atoms with Crippen molar-refractivity contribution >= 4 is 17.1 Å². The number of aliphatic hydroxyl groups is 4. The largest absolute Gasteiger partial charge is 0.394 e. The Morgan fingerprint density at radius 1 is 1.30 bits per heavy atom. The topological polar surface area (TPSA) is 171 Å². The van der Waals surface area contributed by atoms with Crippen LogP contribution < -0.4 is 10.9 Å². The van der Waals surface area contributed by atoms with Crippen LogP contribution >= 0.6 is 0 Å². The average Bonchev–Trinajstić information content (AvgIpc) is 3.48. The quantitative estimate of drug-likeness (QED) is 0.291. The molecule has 0 radical (unpaired) electrons. The van der Waals surface area contributed by atoms with Crippen molar-refractivity contribution in [2.24, 2.45) is 0 Å². The van der Waals surface area contributed by atoms with Crippen LogP contribution in [0.25, 0.3) is 11.2 Å². The van der Waals surface area contributed by atoms with Gasteiger partial charge in [0, 0.05) is 24.0 Å². The number of nitrogens with one attached hydrogen (secondary N) is 2. The van der Waals surface area contributed by atoms with Gasteiger partial charge in [0.2, 0.25) is 5.95 Å². The second kappa shape index (κ2) is 7.18. The first-order valence-corrected chi connectivity index (χ1v) is 9.66. The third kappa shape index (κ3) is 2.84. The van der Waals surface area contributed by atoms with E-state index in [9.17, 15) is 25.2 Å². The van der Waals surface area contributed by atoms with Crippen LogP contribution in [0, 0.1) is 0 Å². The highest BCUT2D eigenvalue weighted by Gasteiger charge is 2.44. The van der Waals surface area contributed by atoms with Crippen molar-refractivity contribution in [1.82, 2.24) is 24.1 Å². The first kappa shape index (κ1) is 19.2. The molecule has 160 valence electrons. The molecule has 6 N–H and O–H groups in total. The van der Waals surface area contributed by atoms with Crippen molar-refractivity contribution in [3.63, 3.8) is 0 Å². The maximum absolute atomic E-state index is 12.5. The van der Waals surface area contributed by atoms with Crippen molar-refractivity contribution in [2.45, 2.75) is 50.2 Å². The first-order valence-electron chi connectivity index (χ1n) is 9.66. The second-order valence-corrected chi connectivity index (χ2v) is 7.53. The standard InChI is InChI=1S/C18H22N6O6/c25-5-8-1-3-23-4-2-9(12(8)23)20-18-21-15-11(16(29)22-18)19-7-24(15)17-14(28)13(27)10(6-26)30-17/h1,3,7,9-10,13-14,17,25-28H,2,4-6H2,(H2,20,21,22,29)/t9-,10+,13-,14+,17+/m0/s1. The lowest BCUT2D eigenvalue weighted by Crippen LogP contribution is -2.33. The van der Waals surface area contributed by atoms with Gasteiger partial charge in [0.15, 0.2) is 17.4 Å². The summed E-state index contributed by atoms with van der Waals surface area (Å²) >= 11 is 0. The summed E-state index contributed by atoms with van der Waals surface area (Å²) in [4.78, 5) is 23.7. The Bertz CT molecular complexity index is 1140. The molecule has 2 aliphatic rings. The van der Waals surface area contributed by atoms with Gasteiger partial charge in [-0.2, -0.15) is 4.98 Å². The molecule has 5 rings (SSSR count). The van der Waals surface area contributed by atoms with Crippen molar-refractivity contribution in [2.75, 3.05) is 11.9 Å². The molecule has 5 heterocycles. The highest BCUT2D eigenvalue weighted by atomic mass is 16.6. The number of aliphatic hydroxyl groups excluding tert-OH is 4. The highest BCUT2D eigenvalue weighted by Crippen LogP contribution is 2.33. The molecule has 0 unspecified atom stereocenters. The SMILES string of the molecule is O=c1[nH]c(N[C@H]2CCn3ccc(CO)c32)nc2c1ncn2[C@@H]1O[C@H](CO)[C@H](O)[C@H]1O. The summed E-state index contributed by atoms with van der Waals surface area (Å²) in [7, 11) is 0. The Morgan fingerprint density at radius 2 is 2.13 bits per heavy atom. The van der Waals surface area contributed by atoms with E-state index in [1.807, 2.05) is 16.8 Å². The van der Waals surface area contributed by atoms with Crippen LogP contribution in [-0.4, -0.2) is 69.4 Å². The van der Waals surface area contributed by atoms with Gasteiger partial charge in [0.25, 0.3) is 5.56 Å². The van der Waals surface area contributed by atoms with Crippen LogP contribution in [-0.2, 0) is 17.9 Å². The van der Waals surface area contributed by atoms with Gasteiger partial charge < -0.3 is 35.0 Å². The fourth-order valence-corrected chi connectivity index (χ4v) is 4.28. The van der Waals surface area contributed by atoms with E-state index in [1.165, 1.54) is 10.9 Å². The van der Waals surface area contributed by atoms with E-state index in [0.717, 1.165) is 24.2 Å². The van der Waals surface area contributed by atoms with Crippen molar-refractivity contribution in [1.29, 1.82) is 0 Å². The maximum atomic E-state index is 12.5. The van der Waals surface area contributed by atoms with Gasteiger partial charge in [-0.3, -0.25) is 14.3 Å². The third-order valence-corrected chi connectivity index (χ3v) is 5.79. The number of H-pyrrole nitrogens is 1. The molecular formula is C18H22N6O6. The molecule has 1 saturated heterocycles. The molecule has 0 aliphatic carbocycles. The lowest BCUT2D eigenvalue weighted by molar-refractivity contribution is -0.0511. The van der Waals surface area contributed by atoms with Crippen LogP contribution in [0.3, 0.4) is 0 Å². The summed E-state index contributed by atoms with van der Waals surface area (Å²) in [5, 5.41) is 42.4. The number of nitrogens with zero attached hydrogens (tertiary/aromatic N) is 4. The van der Waals surface area contributed by atoms with Gasteiger partial charge in [-0.25, -0.2) is 4.98 Å². The molecule has 0 amide bonds. The smallest absolute Gasteiger partial charge is 0.280 e. The molecule has 3 aromatic rings. The van der Waals surface area contributed by atoms with Gasteiger partial charge in [0.1, 0.15) is 18.3 Å². The van der Waals surface area contributed by atoms with E-state index in [2.05, 4.69) is 20.3 Å². The molecule has 12 heteroatoms.